The summed E-state index contributed by atoms with van der Waals surface area (Å²) in [7, 11) is 5.25. The lowest BCUT2D eigenvalue weighted by molar-refractivity contribution is 0.0993. The average molecular weight is 553 g/mol. The maximum Gasteiger partial charge on any atom is 0.272 e. The number of halogens is 2. The fraction of sp³-hybridized carbons (Fsp3) is 0.259. The van der Waals surface area contributed by atoms with Crippen LogP contribution in [0.3, 0.4) is 0 Å². The molecule has 0 saturated heterocycles. The van der Waals surface area contributed by atoms with Crippen molar-refractivity contribution in [2.45, 2.75) is 25.9 Å². The van der Waals surface area contributed by atoms with E-state index in [9.17, 15) is 9.59 Å². The van der Waals surface area contributed by atoms with E-state index in [0.717, 1.165) is 17.0 Å². The van der Waals surface area contributed by atoms with E-state index >= 15 is 0 Å². The normalized spacial score (nSPS) is 14.8. The molecule has 0 bridgehead atoms. The van der Waals surface area contributed by atoms with Crippen LogP contribution >= 0.6 is 23.2 Å². The molecule has 1 aliphatic heterocycles. The van der Waals surface area contributed by atoms with Crippen LogP contribution in [0.1, 0.15) is 47.5 Å². The second-order valence-electron chi connectivity index (χ2n) is 9.44. The first kappa shape index (κ1) is 25.8. The van der Waals surface area contributed by atoms with Gasteiger partial charge in [0.15, 0.2) is 0 Å². The minimum Gasteiger partial charge on any atom is -0.480 e. The van der Waals surface area contributed by atoms with Crippen molar-refractivity contribution in [3.05, 3.63) is 86.0 Å². The molecule has 0 fully saturated rings. The van der Waals surface area contributed by atoms with Gasteiger partial charge in [-0.05, 0) is 43.7 Å². The fourth-order valence-electron chi connectivity index (χ4n) is 4.85. The lowest BCUT2D eigenvalue weighted by Crippen LogP contribution is -2.34. The molecule has 1 N–H and O–H groups in total. The van der Waals surface area contributed by atoms with E-state index in [4.69, 9.17) is 27.9 Å². The first-order valence-corrected chi connectivity index (χ1v) is 12.7. The van der Waals surface area contributed by atoms with Crippen LogP contribution in [0.4, 0.5) is 11.6 Å². The van der Waals surface area contributed by atoms with Gasteiger partial charge in [0, 0.05) is 37.6 Å². The number of hydrogen-bond acceptors (Lipinski definition) is 6. The molecule has 3 aromatic heterocycles. The number of carbonyl (C=O) groups excluding carboxylic acids is 1. The maximum atomic E-state index is 14.1. The van der Waals surface area contributed by atoms with Gasteiger partial charge < -0.3 is 19.2 Å². The second kappa shape index (κ2) is 9.81. The molecule has 38 heavy (non-hydrogen) atoms. The van der Waals surface area contributed by atoms with Gasteiger partial charge in [0.1, 0.15) is 11.7 Å². The zero-order chi connectivity index (χ0) is 27.3. The Kier molecular flexibility index (Phi) is 6.66. The van der Waals surface area contributed by atoms with E-state index in [1.165, 1.54) is 17.2 Å². The topological polar surface area (TPSA) is 96.3 Å². The number of aromatic amines is 1. The van der Waals surface area contributed by atoms with Crippen LogP contribution < -0.4 is 20.1 Å². The smallest absolute Gasteiger partial charge is 0.272 e. The third kappa shape index (κ3) is 4.21. The molecule has 5 rings (SSSR count). The van der Waals surface area contributed by atoms with Gasteiger partial charge in [0.25, 0.3) is 11.5 Å². The number of pyridine rings is 1. The van der Waals surface area contributed by atoms with Gasteiger partial charge in [-0.3, -0.25) is 14.5 Å². The number of hydrogen-bond donors (Lipinski definition) is 1. The highest BCUT2D eigenvalue weighted by Crippen LogP contribution is 2.46. The summed E-state index contributed by atoms with van der Waals surface area (Å²) in [4.78, 5) is 41.9. The molecule has 1 amide bonds. The predicted octanol–water partition coefficient (Wildman–Crippen LogP) is 5.35. The maximum absolute atomic E-state index is 14.1. The number of carbonyl (C=O) groups is 1. The minimum atomic E-state index is -0.613. The number of H-pyrrole nitrogens is 1. The first-order valence-electron chi connectivity index (χ1n) is 11.9. The highest BCUT2D eigenvalue weighted by atomic mass is 35.5. The van der Waals surface area contributed by atoms with Crippen molar-refractivity contribution in [3.8, 4) is 17.1 Å². The van der Waals surface area contributed by atoms with Crippen molar-refractivity contribution in [3.63, 3.8) is 0 Å². The van der Waals surface area contributed by atoms with Crippen molar-refractivity contribution in [2.24, 2.45) is 0 Å². The van der Waals surface area contributed by atoms with Gasteiger partial charge in [-0.2, -0.15) is 4.98 Å². The largest absolute Gasteiger partial charge is 0.480 e. The molecule has 1 atom stereocenters. The Morgan fingerprint density at radius 1 is 1.05 bits per heavy atom. The second-order valence-corrected chi connectivity index (χ2v) is 10.3. The van der Waals surface area contributed by atoms with Crippen LogP contribution in [0.5, 0.6) is 5.88 Å². The van der Waals surface area contributed by atoms with Crippen LogP contribution in [-0.2, 0) is 0 Å². The number of anilines is 2. The van der Waals surface area contributed by atoms with Gasteiger partial charge in [0.2, 0.25) is 11.8 Å². The monoisotopic (exact) mass is 552 g/mol. The van der Waals surface area contributed by atoms with E-state index in [1.54, 1.807) is 30.3 Å². The number of methoxy groups -OCH3 is 1. The summed E-state index contributed by atoms with van der Waals surface area (Å²) < 4.78 is 7.71. The highest BCUT2D eigenvalue weighted by molar-refractivity contribution is 6.31. The number of ether oxygens (including phenoxy) is 1. The Hall–Kier alpha value is -3.82. The van der Waals surface area contributed by atoms with Crippen molar-refractivity contribution in [1.29, 1.82) is 0 Å². The van der Waals surface area contributed by atoms with E-state index in [-0.39, 0.29) is 17.6 Å². The van der Waals surface area contributed by atoms with Crippen molar-refractivity contribution >= 4 is 40.7 Å². The van der Waals surface area contributed by atoms with E-state index in [2.05, 4.69) is 19.5 Å². The zero-order valence-electron chi connectivity index (χ0n) is 21.5. The number of benzene rings is 1. The lowest BCUT2D eigenvalue weighted by Gasteiger charge is -2.28. The highest BCUT2D eigenvalue weighted by Gasteiger charge is 2.44. The molecule has 1 aliphatic rings. The molecule has 0 saturated carbocycles. The Balaban J connectivity index is 1.79. The summed E-state index contributed by atoms with van der Waals surface area (Å²) in [5.74, 6) is 0.570. The molecule has 9 nitrogen and oxygen atoms in total. The third-order valence-electron chi connectivity index (χ3n) is 6.46. The van der Waals surface area contributed by atoms with Gasteiger partial charge in [0.05, 0.1) is 34.6 Å². The summed E-state index contributed by atoms with van der Waals surface area (Å²) in [6, 6.07) is 9.88. The molecule has 0 aliphatic carbocycles. The summed E-state index contributed by atoms with van der Waals surface area (Å²) in [6.45, 7) is 4.06. The Labute approximate surface area is 229 Å². The summed E-state index contributed by atoms with van der Waals surface area (Å²) in [6.07, 6.45) is 3.10. The van der Waals surface area contributed by atoms with Crippen LogP contribution in [0.25, 0.3) is 11.3 Å². The van der Waals surface area contributed by atoms with Gasteiger partial charge >= 0.3 is 0 Å². The number of nitrogens with zero attached hydrogens (tertiary/aromatic N) is 5. The fourth-order valence-corrected chi connectivity index (χ4v) is 5.14. The van der Waals surface area contributed by atoms with Crippen molar-refractivity contribution in [1.82, 2.24) is 19.5 Å². The Morgan fingerprint density at radius 3 is 2.39 bits per heavy atom. The van der Waals surface area contributed by atoms with Crippen molar-refractivity contribution in [2.75, 3.05) is 31.0 Å². The molecule has 4 aromatic rings. The predicted molar refractivity (Wildman–Crippen MR) is 149 cm³/mol. The number of rotatable bonds is 6. The molecular formula is C27H26Cl2N6O3. The summed E-state index contributed by atoms with van der Waals surface area (Å²) in [5, 5.41) is 0.877. The van der Waals surface area contributed by atoms with E-state index in [0.29, 0.717) is 33.0 Å². The number of fused-ring (bicyclic) bond motifs is 1. The third-order valence-corrected chi connectivity index (χ3v) is 6.93. The van der Waals surface area contributed by atoms with Crippen LogP contribution in [0, 0.1) is 0 Å². The molecule has 1 unspecified atom stereocenters. The summed E-state index contributed by atoms with van der Waals surface area (Å²) in [5.41, 5.74) is 3.12. The SMILES string of the molecule is COc1nc(N(C)C)ncc1-c1cc2c(n1C(C)C)C(c1ccc(Cl)cc1)N(c1cc(Cl)c[nH]c1=O)C2=O. The molecule has 11 heteroatoms. The average Bonchev–Trinajstić information content (AvgIpc) is 3.40. The number of aromatic nitrogens is 4. The van der Waals surface area contributed by atoms with Crippen molar-refractivity contribution < 1.29 is 9.53 Å². The number of amides is 1. The van der Waals surface area contributed by atoms with Crippen LogP contribution in [0.2, 0.25) is 10.0 Å². The van der Waals surface area contributed by atoms with Gasteiger partial charge in [-0.15, -0.1) is 0 Å². The van der Waals surface area contributed by atoms with E-state index in [1.807, 2.05) is 46.1 Å². The first-order chi connectivity index (χ1) is 18.1. The van der Waals surface area contributed by atoms with Gasteiger partial charge in [-0.1, -0.05) is 35.3 Å². The van der Waals surface area contributed by atoms with Crippen LogP contribution in [-0.4, -0.2) is 46.6 Å². The van der Waals surface area contributed by atoms with E-state index < -0.39 is 11.6 Å². The quantitative estimate of drug-likeness (QED) is 0.346. The summed E-state index contributed by atoms with van der Waals surface area (Å²) >= 11 is 12.4. The Bertz CT molecular complexity index is 1590. The molecule has 1 aromatic carbocycles. The van der Waals surface area contributed by atoms with Gasteiger partial charge in [-0.25, -0.2) is 4.98 Å². The number of nitrogens with one attached hydrogen (secondary N) is 1. The molecule has 196 valence electrons. The molecule has 0 radical (unpaired) electrons. The molecular weight excluding hydrogens is 527 g/mol. The van der Waals surface area contributed by atoms with Crippen LogP contribution in [0.15, 0.2) is 53.6 Å². The zero-order valence-corrected chi connectivity index (χ0v) is 23.0. The Morgan fingerprint density at radius 2 is 1.76 bits per heavy atom. The molecule has 4 heterocycles. The minimum absolute atomic E-state index is 0.0628. The molecule has 0 spiro atoms. The standard InChI is InChI=1S/C27H26Cl2N6O3/c1-14(2)34-20(19-13-31-27(33(3)4)32-25(19)38-5)11-18-23(34)22(15-6-8-16(28)9-7-15)35(26(18)37)21-10-17(29)12-30-24(21)36/h6-14,22H,1-5H3,(H,30,36). The lowest BCUT2D eigenvalue weighted by atomic mass is 10.0.